The van der Waals surface area contributed by atoms with E-state index in [2.05, 4.69) is 0 Å². The van der Waals surface area contributed by atoms with Crippen LogP contribution in [0.4, 0.5) is 4.79 Å². The molecule has 0 saturated heterocycles. The molecule has 0 aromatic carbocycles. The average Bonchev–Trinajstić information content (AvgIpc) is 1.82. The van der Waals surface area contributed by atoms with E-state index in [1.165, 1.54) is 11.9 Å². The summed E-state index contributed by atoms with van der Waals surface area (Å²) >= 11 is 5.33. The van der Waals surface area contributed by atoms with Crippen molar-refractivity contribution in [3.63, 3.8) is 0 Å². The first-order valence-corrected chi connectivity index (χ1v) is 3.22. The van der Waals surface area contributed by atoms with E-state index in [1.807, 2.05) is 0 Å². The van der Waals surface area contributed by atoms with Gasteiger partial charge in [-0.1, -0.05) is 0 Å². The first kappa shape index (κ1) is 8.56. The van der Waals surface area contributed by atoms with Crippen molar-refractivity contribution >= 4 is 17.7 Å². The Morgan fingerprint density at radius 2 is 2.33 bits per heavy atom. The number of halogens is 1. The lowest BCUT2D eigenvalue weighted by molar-refractivity contribution is 0.156. The molecule has 0 atom stereocenters. The van der Waals surface area contributed by atoms with E-state index in [-0.39, 0.29) is 0 Å². The van der Waals surface area contributed by atoms with Crippen molar-refractivity contribution in [3.8, 4) is 0 Å². The van der Waals surface area contributed by atoms with Gasteiger partial charge in [0, 0.05) is 19.5 Å². The Hall–Kier alpha value is -0.440. The van der Waals surface area contributed by atoms with Gasteiger partial charge in [-0.05, 0) is 6.42 Å². The van der Waals surface area contributed by atoms with E-state index in [0.29, 0.717) is 18.8 Å². The molecule has 4 heteroatoms. The van der Waals surface area contributed by atoms with Gasteiger partial charge in [-0.15, -0.1) is 11.6 Å². The smallest absolute Gasteiger partial charge is 0.407 e. The number of nitrogens with zero attached hydrogens (tertiary/aromatic N) is 1. The molecule has 0 bridgehead atoms. The lowest BCUT2D eigenvalue weighted by Crippen LogP contribution is -2.25. The number of carbonyl (C=O) groups is 1. The normalized spacial score (nSPS) is 9.11. The molecular weight excluding hydrogens is 142 g/mol. The molecule has 0 saturated carbocycles. The predicted octanol–water partition coefficient (Wildman–Crippen LogP) is 1.23. The van der Waals surface area contributed by atoms with E-state index in [0.717, 1.165) is 0 Å². The molecule has 1 N–H and O–H groups in total. The second-order valence-corrected chi connectivity index (χ2v) is 2.12. The molecule has 3 nitrogen and oxygen atoms in total. The monoisotopic (exact) mass is 151 g/mol. The highest BCUT2D eigenvalue weighted by molar-refractivity contribution is 6.17. The van der Waals surface area contributed by atoms with Crippen molar-refractivity contribution in [2.24, 2.45) is 0 Å². The molecule has 9 heavy (non-hydrogen) atoms. The van der Waals surface area contributed by atoms with Crippen LogP contribution in [0.25, 0.3) is 0 Å². The summed E-state index contributed by atoms with van der Waals surface area (Å²) in [4.78, 5) is 11.3. The van der Waals surface area contributed by atoms with Gasteiger partial charge in [-0.2, -0.15) is 0 Å². The van der Waals surface area contributed by atoms with Crippen LogP contribution in [-0.2, 0) is 0 Å². The Kier molecular flexibility index (Phi) is 4.22. The lowest BCUT2D eigenvalue weighted by atomic mass is 10.4. The van der Waals surface area contributed by atoms with Crippen LogP contribution < -0.4 is 0 Å². The van der Waals surface area contributed by atoms with Gasteiger partial charge in [0.2, 0.25) is 0 Å². The van der Waals surface area contributed by atoms with Crippen LogP contribution in [0.1, 0.15) is 6.42 Å². The molecule has 0 spiro atoms. The number of carboxylic acid groups (broad SMARTS) is 1. The molecule has 0 radical (unpaired) electrons. The van der Waals surface area contributed by atoms with Gasteiger partial charge in [-0.25, -0.2) is 4.79 Å². The SMILES string of the molecule is CN(CCCCl)C(=O)O. The molecule has 0 aliphatic carbocycles. The molecule has 0 unspecified atom stereocenters. The summed E-state index contributed by atoms with van der Waals surface area (Å²) in [5, 5.41) is 8.29. The summed E-state index contributed by atoms with van der Waals surface area (Å²) in [6, 6.07) is 0. The molecule has 0 aromatic heterocycles. The Morgan fingerprint density at radius 3 is 2.67 bits per heavy atom. The second-order valence-electron chi connectivity index (χ2n) is 1.75. The van der Waals surface area contributed by atoms with Crippen LogP contribution in [0, 0.1) is 0 Å². The molecule has 0 fully saturated rings. The Balaban J connectivity index is 3.27. The minimum Gasteiger partial charge on any atom is -0.465 e. The zero-order valence-electron chi connectivity index (χ0n) is 5.30. The standard InChI is InChI=1S/C5H10ClNO2/c1-7(5(8)9)4-2-3-6/h2-4H2,1H3,(H,8,9). The van der Waals surface area contributed by atoms with Crippen LogP contribution in [0.2, 0.25) is 0 Å². The molecule has 0 aliphatic rings. The van der Waals surface area contributed by atoms with Gasteiger partial charge < -0.3 is 10.0 Å². The number of amides is 1. The van der Waals surface area contributed by atoms with E-state index in [9.17, 15) is 4.79 Å². The van der Waals surface area contributed by atoms with E-state index < -0.39 is 6.09 Å². The maximum absolute atomic E-state index is 10.1. The van der Waals surface area contributed by atoms with Gasteiger partial charge in [0.1, 0.15) is 0 Å². The van der Waals surface area contributed by atoms with Crippen LogP contribution in [0.3, 0.4) is 0 Å². The van der Waals surface area contributed by atoms with E-state index in [1.54, 1.807) is 0 Å². The average molecular weight is 152 g/mol. The Morgan fingerprint density at radius 1 is 1.78 bits per heavy atom. The summed E-state index contributed by atoms with van der Waals surface area (Å²) in [6.07, 6.45) is -0.190. The second kappa shape index (κ2) is 4.44. The first-order valence-electron chi connectivity index (χ1n) is 2.68. The van der Waals surface area contributed by atoms with Crippen molar-refractivity contribution in [1.82, 2.24) is 4.90 Å². The third kappa shape index (κ3) is 4.09. The van der Waals surface area contributed by atoms with Crippen LogP contribution in [0.5, 0.6) is 0 Å². The zero-order chi connectivity index (χ0) is 7.28. The maximum Gasteiger partial charge on any atom is 0.407 e. The zero-order valence-corrected chi connectivity index (χ0v) is 6.06. The molecule has 0 rings (SSSR count). The summed E-state index contributed by atoms with van der Waals surface area (Å²) in [6.45, 7) is 0.513. The molecule has 0 aliphatic heterocycles. The lowest BCUT2D eigenvalue weighted by Gasteiger charge is -2.10. The number of hydrogen-bond donors (Lipinski definition) is 1. The van der Waals surface area contributed by atoms with Crippen LogP contribution >= 0.6 is 11.6 Å². The van der Waals surface area contributed by atoms with Crippen molar-refractivity contribution in [3.05, 3.63) is 0 Å². The van der Waals surface area contributed by atoms with Crippen LogP contribution in [0.15, 0.2) is 0 Å². The summed E-state index contributed by atoms with van der Waals surface area (Å²) in [7, 11) is 1.52. The quantitative estimate of drug-likeness (QED) is 0.617. The molecule has 0 aromatic rings. The minimum absolute atomic E-state index is 0.512. The number of hydrogen-bond acceptors (Lipinski definition) is 1. The first-order chi connectivity index (χ1) is 4.18. The number of rotatable bonds is 3. The Labute approximate surface area is 59.2 Å². The minimum atomic E-state index is -0.903. The summed E-state index contributed by atoms with van der Waals surface area (Å²) in [5.74, 6) is 0.512. The van der Waals surface area contributed by atoms with Crippen molar-refractivity contribution in [1.29, 1.82) is 0 Å². The fourth-order valence-corrected chi connectivity index (χ4v) is 0.512. The molecule has 54 valence electrons. The van der Waals surface area contributed by atoms with Gasteiger partial charge in [0.15, 0.2) is 0 Å². The maximum atomic E-state index is 10.1. The highest BCUT2D eigenvalue weighted by Gasteiger charge is 2.01. The summed E-state index contributed by atoms with van der Waals surface area (Å²) in [5.41, 5.74) is 0. The topological polar surface area (TPSA) is 40.5 Å². The largest absolute Gasteiger partial charge is 0.465 e. The van der Waals surface area contributed by atoms with Gasteiger partial charge >= 0.3 is 6.09 Å². The van der Waals surface area contributed by atoms with Crippen molar-refractivity contribution < 1.29 is 9.90 Å². The van der Waals surface area contributed by atoms with E-state index in [4.69, 9.17) is 16.7 Å². The third-order valence-corrected chi connectivity index (χ3v) is 1.22. The van der Waals surface area contributed by atoms with Gasteiger partial charge in [-0.3, -0.25) is 0 Å². The Bertz CT molecular complexity index is 97.0. The van der Waals surface area contributed by atoms with Gasteiger partial charge in [0.05, 0.1) is 0 Å². The van der Waals surface area contributed by atoms with Crippen LogP contribution in [-0.4, -0.2) is 35.6 Å². The fourth-order valence-electron chi connectivity index (χ4n) is 0.393. The highest BCUT2D eigenvalue weighted by Crippen LogP contribution is 1.89. The molecule has 0 heterocycles. The van der Waals surface area contributed by atoms with Gasteiger partial charge in [0.25, 0.3) is 0 Å². The number of alkyl halides is 1. The molecule has 1 amide bonds. The van der Waals surface area contributed by atoms with E-state index >= 15 is 0 Å². The highest BCUT2D eigenvalue weighted by atomic mass is 35.5. The predicted molar refractivity (Wildman–Crippen MR) is 36.0 cm³/mol. The van der Waals surface area contributed by atoms with Crippen molar-refractivity contribution in [2.75, 3.05) is 19.5 Å². The fraction of sp³-hybridized carbons (Fsp3) is 0.800. The summed E-state index contributed by atoms with van der Waals surface area (Å²) < 4.78 is 0. The molecular formula is C5H10ClNO2. The van der Waals surface area contributed by atoms with Crippen molar-refractivity contribution in [2.45, 2.75) is 6.42 Å². The third-order valence-electron chi connectivity index (χ3n) is 0.954.